The number of nitrogens with two attached hydrogens (primary N) is 1. The van der Waals surface area contributed by atoms with Crippen molar-refractivity contribution in [2.75, 3.05) is 5.32 Å². The topological polar surface area (TPSA) is 129 Å². The Balaban J connectivity index is 1.28. The lowest BCUT2D eigenvalue weighted by Gasteiger charge is -2.39. The zero-order valence-corrected chi connectivity index (χ0v) is 20.9. The van der Waals surface area contributed by atoms with E-state index in [-0.39, 0.29) is 11.8 Å². The van der Waals surface area contributed by atoms with Gasteiger partial charge in [0, 0.05) is 24.7 Å². The number of carbonyl (C=O) groups excluding carboxylic acids is 1. The van der Waals surface area contributed by atoms with Crippen LogP contribution in [-0.2, 0) is 16.9 Å². The maximum absolute atomic E-state index is 12.3. The van der Waals surface area contributed by atoms with E-state index in [0.29, 0.717) is 23.8 Å². The van der Waals surface area contributed by atoms with Crippen molar-refractivity contribution < 1.29 is 9.90 Å². The van der Waals surface area contributed by atoms with Crippen molar-refractivity contribution in [3.8, 4) is 17.2 Å². The first-order valence-corrected chi connectivity index (χ1v) is 13.1. The van der Waals surface area contributed by atoms with E-state index in [4.69, 9.17) is 5.73 Å². The van der Waals surface area contributed by atoms with Gasteiger partial charge in [-0.25, -0.2) is 0 Å². The summed E-state index contributed by atoms with van der Waals surface area (Å²) in [5.41, 5.74) is 9.36. The number of anilines is 1. The Morgan fingerprint density at radius 2 is 1.84 bits per heavy atom. The van der Waals surface area contributed by atoms with Crippen LogP contribution in [0.1, 0.15) is 62.3 Å². The van der Waals surface area contributed by atoms with Gasteiger partial charge in [0.05, 0.1) is 23.6 Å². The number of hydrogen-bond acceptors (Lipinski definition) is 6. The smallest absolute Gasteiger partial charge is 0.228 e. The minimum Gasteiger partial charge on any atom is -0.374 e. The molecule has 1 amide bonds. The average molecular weight is 499 g/mol. The molecular weight excluding hydrogens is 464 g/mol. The van der Waals surface area contributed by atoms with Gasteiger partial charge in [0.1, 0.15) is 6.23 Å². The SMILES string of the molecule is N#CC[C@]1(n2cc(C(N)O)c(NC(=O)C3CC3)n2)CC[C@H](NCc2ccccc2-c2ccccc2)CC1. The second-order valence-electron chi connectivity index (χ2n) is 10.3. The van der Waals surface area contributed by atoms with E-state index >= 15 is 0 Å². The maximum Gasteiger partial charge on any atom is 0.228 e. The lowest BCUT2D eigenvalue weighted by atomic mass is 9.77. The van der Waals surface area contributed by atoms with E-state index in [1.165, 1.54) is 16.7 Å². The summed E-state index contributed by atoms with van der Waals surface area (Å²) in [5, 5.41) is 31.0. The van der Waals surface area contributed by atoms with Crippen LogP contribution in [0, 0.1) is 17.2 Å². The van der Waals surface area contributed by atoms with E-state index in [2.05, 4.69) is 70.3 Å². The Labute approximate surface area is 217 Å². The molecule has 8 nitrogen and oxygen atoms in total. The van der Waals surface area contributed by atoms with Gasteiger partial charge in [0.25, 0.3) is 0 Å². The van der Waals surface area contributed by atoms with Crippen LogP contribution in [0.3, 0.4) is 0 Å². The van der Waals surface area contributed by atoms with Crippen molar-refractivity contribution in [3.05, 3.63) is 71.9 Å². The van der Waals surface area contributed by atoms with Crippen LogP contribution in [0.5, 0.6) is 0 Å². The third kappa shape index (κ3) is 5.59. The fraction of sp³-hybridized carbons (Fsp3) is 0.414. The predicted molar refractivity (Wildman–Crippen MR) is 142 cm³/mol. The van der Waals surface area contributed by atoms with Gasteiger partial charge in [-0.1, -0.05) is 54.6 Å². The Kier molecular flexibility index (Phi) is 7.38. The fourth-order valence-electron chi connectivity index (χ4n) is 5.33. The van der Waals surface area contributed by atoms with E-state index in [1.54, 1.807) is 10.9 Å². The molecule has 8 heteroatoms. The third-order valence-corrected chi connectivity index (χ3v) is 7.74. The summed E-state index contributed by atoms with van der Waals surface area (Å²) in [7, 11) is 0. The van der Waals surface area contributed by atoms with Gasteiger partial charge >= 0.3 is 0 Å². The fourth-order valence-corrected chi connectivity index (χ4v) is 5.33. The predicted octanol–water partition coefficient (Wildman–Crippen LogP) is 4.19. The molecule has 0 bridgehead atoms. The summed E-state index contributed by atoms with van der Waals surface area (Å²) in [6, 6.07) is 21.5. The number of aliphatic hydroxyl groups is 1. The zero-order valence-electron chi connectivity index (χ0n) is 20.9. The number of nitrogens with zero attached hydrogens (tertiary/aromatic N) is 3. The van der Waals surface area contributed by atoms with Gasteiger partial charge < -0.3 is 21.5 Å². The van der Waals surface area contributed by atoms with Crippen molar-refractivity contribution in [1.29, 1.82) is 5.26 Å². The number of carbonyl (C=O) groups is 1. The Morgan fingerprint density at radius 3 is 2.51 bits per heavy atom. The highest BCUT2D eigenvalue weighted by Crippen LogP contribution is 2.39. The first-order chi connectivity index (χ1) is 18.0. The van der Waals surface area contributed by atoms with E-state index < -0.39 is 11.8 Å². The summed E-state index contributed by atoms with van der Waals surface area (Å²) >= 11 is 0. The Bertz CT molecular complexity index is 1270. The molecule has 0 aliphatic heterocycles. The number of nitrogens with one attached hydrogen (secondary N) is 2. The highest BCUT2D eigenvalue weighted by atomic mass is 16.3. The maximum atomic E-state index is 12.3. The molecule has 2 saturated carbocycles. The number of nitriles is 1. The van der Waals surface area contributed by atoms with Crippen LogP contribution in [0.25, 0.3) is 11.1 Å². The van der Waals surface area contributed by atoms with Crippen LogP contribution < -0.4 is 16.4 Å². The van der Waals surface area contributed by atoms with Gasteiger partial charge in [-0.05, 0) is 55.2 Å². The number of hydrogen-bond donors (Lipinski definition) is 4. The van der Waals surface area contributed by atoms with E-state index in [9.17, 15) is 15.2 Å². The number of aliphatic hydroxyl groups excluding tert-OH is 1. The van der Waals surface area contributed by atoms with E-state index in [1.807, 2.05) is 6.07 Å². The molecule has 5 N–H and O–H groups in total. The third-order valence-electron chi connectivity index (χ3n) is 7.74. The standard InChI is InChI=1S/C29H34N6O2/c30-17-16-29(35-19-25(26(31)36)27(34-35)33-28(37)21-10-11-21)14-12-23(13-15-29)32-18-22-8-4-5-9-24(22)20-6-2-1-3-7-20/h1-9,19,21,23,26,32,36H,10-16,18,31H2,(H,33,34,37)/t23-,26?,29-. The molecule has 1 atom stereocenters. The summed E-state index contributed by atoms with van der Waals surface area (Å²) in [6.07, 6.45) is 5.78. The second kappa shape index (κ2) is 10.9. The molecule has 37 heavy (non-hydrogen) atoms. The van der Waals surface area contributed by atoms with Crippen LogP contribution in [-0.4, -0.2) is 26.8 Å². The number of aromatic nitrogens is 2. The quantitative estimate of drug-likeness (QED) is 0.328. The second-order valence-corrected chi connectivity index (χ2v) is 10.3. The molecule has 0 radical (unpaired) electrons. The van der Waals surface area contributed by atoms with Crippen LogP contribution in [0.15, 0.2) is 60.8 Å². The monoisotopic (exact) mass is 498 g/mol. The minimum atomic E-state index is -1.26. The van der Waals surface area contributed by atoms with E-state index in [0.717, 1.165) is 45.1 Å². The minimum absolute atomic E-state index is 0.00882. The molecule has 192 valence electrons. The number of benzene rings is 2. The lowest BCUT2D eigenvalue weighted by Crippen LogP contribution is -2.43. The Hall–Kier alpha value is -3.51. The van der Waals surface area contributed by atoms with Crippen molar-refractivity contribution in [2.45, 2.75) is 69.3 Å². The van der Waals surface area contributed by atoms with Gasteiger partial charge in [-0.2, -0.15) is 10.4 Å². The van der Waals surface area contributed by atoms with Crippen molar-refractivity contribution in [2.24, 2.45) is 11.7 Å². The first-order valence-electron chi connectivity index (χ1n) is 13.1. The molecule has 5 rings (SSSR count). The highest BCUT2D eigenvalue weighted by molar-refractivity contribution is 5.93. The average Bonchev–Trinajstić information content (AvgIpc) is 3.69. The van der Waals surface area contributed by atoms with Crippen LogP contribution in [0.4, 0.5) is 5.82 Å². The molecule has 1 aromatic heterocycles. The van der Waals surface area contributed by atoms with Crippen molar-refractivity contribution in [1.82, 2.24) is 15.1 Å². The molecule has 2 fully saturated rings. The summed E-state index contributed by atoms with van der Waals surface area (Å²) in [6.45, 7) is 0.767. The lowest BCUT2D eigenvalue weighted by molar-refractivity contribution is -0.117. The van der Waals surface area contributed by atoms with Gasteiger partial charge in [-0.15, -0.1) is 0 Å². The number of amides is 1. The first kappa shape index (κ1) is 25.2. The highest BCUT2D eigenvalue weighted by Gasteiger charge is 2.39. The molecule has 0 spiro atoms. The van der Waals surface area contributed by atoms with Gasteiger partial charge in [0.2, 0.25) is 5.91 Å². The molecule has 3 aromatic rings. The van der Waals surface area contributed by atoms with Crippen molar-refractivity contribution >= 4 is 11.7 Å². The zero-order chi connectivity index (χ0) is 25.8. The van der Waals surface area contributed by atoms with Crippen LogP contribution >= 0.6 is 0 Å². The van der Waals surface area contributed by atoms with Gasteiger partial charge in [0.15, 0.2) is 5.82 Å². The molecule has 0 saturated heterocycles. The molecule has 2 aliphatic rings. The molecule has 1 unspecified atom stereocenters. The molecule has 2 aromatic carbocycles. The number of rotatable bonds is 9. The van der Waals surface area contributed by atoms with Crippen LogP contribution in [0.2, 0.25) is 0 Å². The van der Waals surface area contributed by atoms with Crippen molar-refractivity contribution in [3.63, 3.8) is 0 Å². The Morgan fingerprint density at radius 1 is 1.14 bits per heavy atom. The molecule has 1 heterocycles. The summed E-state index contributed by atoms with van der Waals surface area (Å²) in [4.78, 5) is 12.3. The van der Waals surface area contributed by atoms with Gasteiger partial charge in [-0.3, -0.25) is 9.48 Å². The normalized spacial score (nSPS) is 22.2. The molecular formula is C29H34N6O2. The largest absolute Gasteiger partial charge is 0.374 e. The molecule has 2 aliphatic carbocycles. The summed E-state index contributed by atoms with van der Waals surface area (Å²) in [5.74, 6) is 0.210. The summed E-state index contributed by atoms with van der Waals surface area (Å²) < 4.78 is 1.77.